The van der Waals surface area contributed by atoms with Gasteiger partial charge in [-0.05, 0) is 18.2 Å². The van der Waals surface area contributed by atoms with Crippen molar-refractivity contribution < 1.29 is 9.53 Å². The van der Waals surface area contributed by atoms with Crippen molar-refractivity contribution in [1.82, 2.24) is 0 Å². The van der Waals surface area contributed by atoms with Gasteiger partial charge >= 0.3 is 0 Å². The number of ether oxygens (including phenoxy) is 1. The summed E-state index contributed by atoms with van der Waals surface area (Å²) in [5.74, 6) is 0.668. The molecule has 0 amide bonds. The Labute approximate surface area is 88.8 Å². The SMILES string of the molecule is COc1ccc(C(=O)C(C)C)cc1Cl. The van der Waals surface area contributed by atoms with Crippen molar-refractivity contribution in [2.75, 3.05) is 7.11 Å². The van der Waals surface area contributed by atoms with E-state index in [0.717, 1.165) is 0 Å². The minimum atomic E-state index is -0.0144. The number of benzene rings is 1. The van der Waals surface area contributed by atoms with Crippen molar-refractivity contribution in [1.29, 1.82) is 0 Å². The molecule has 0 unspecified atom stereocenters. The molecular weight excluding hydrogens is 200 g/mol. The maximum absolute atomic E-state index is 11.6. The van der Waals surface area contributed by atoms with E-state index in [1.807, 2.05) is 13.8 Å². The van der Waals surface area contributed by atoms with Crippen LogP contribution in [0.1, 0.15) is 24.2 Å². The lowest BCUT2D eigenvalue weighted by Crippen LogP contribution is -2.07. The molecule has 1 aromatic rings. The summed E-state index contributed by atoms with van der Waals surface area (Å²) in [6.07, 6.45) is 0. The van der Waals surface area contributed by atoms with Crippen LogP contribution in [0.4, 0.5) is 0 Å². The van der Waals surface area contributed by atoms with Crippen LogP contribution in [0.2, 0.25) is 5.02 Å². The summed E-state index contributed by atoms with van der Waals surface area (Å²) in [5, 5.41) is 0.471. The van der Waals surface area contributed by atoms with Crippen molar-refractivity contribution in [3.05, 3.63) is 28.8 Å². The van der Waals surface area contributed by atoms with Gasteiger partial charge in [0.05, 0.1) is 12.1 Å². The monoisotopic (exact) mass is 212 g/mol. The van der Waals surface area contributed by atoms with Gasteiger partial charge in [-0.15, -0.1) is 0 Å². The van der Waals surface area contributed by atoms with Crippen LogP contribution < -0.4 is 4.74 Å². The van der Waals surface area contributed by atoms with E-state index >= 15 is 0 Å². The molecule has 1 aromatic carbocycles. The van der Waals surface area contributed by atoms with Crippen molar-refractivity contribution in [2.45, 2.75) is 13.8 Å². The van der Waals surface area contributed by atoms with Crippen LogP contribution in [0, 0.1) is 5.92 Å². The highest BCUT2D eigenvalue weighted by Gasteiger charge is 2.12. The zero-order valence-corrected chi connectivity index (χ0v) is 9.26. The Morgan fingerprint density at radius 2 is 2.07 bits per heavy atom. The molecule has 0 N–H and O–H groups in total. The van der Waals surface area contributed by atoms with Gasteiger partial charge in [-0.3, -0.25) is 4.79 Å². The summed E-state index contributed by atoms with van der Waals surface area (Å²) in [4.78, 5) is 11.6. The number of carbonyl (C=O) groups excluding carboxylic acids is 1. The van der Waals surface area contributed by atoms with Crippen LogP contribution in [0.25, 0.3) is 0 Å². The molecule has 0 aliphatic rings. The Kier molecular flexibility index (Phi) is 3.53. The average molecular weight is 213 g/mol. The van der Waals surface area contributed by atoms with Crippen LogP contribution in [-0.2, 0) is 0 Å². The summed E-state index contributed by atoms with van der Waals surface area (Å²) >= 11 is 5.90. The Balaban J connectivity index is 3.03. The van der Waals surface area contributed by atoms with E-state index in [-0.39, 0.29) is 11.7 Å². The zero-order chi connectivity index (χ0) is 10.7. The molecule has 0 bridgehead atoms. The fourth-order valence-electron chi connectivity index (χ4n) is 1.15. The molecular formula is C11H13ClO2. The van der Waals surface area contributed by atoms with Gasteiger partial charge in [0.1, 0.15) is 5.75 Å². The second-order valence-corrected chi connectivity index (χ2v) is 3.78. The standard InChI is InChI=1S/C11H13ClO2/c1-7(2)11(13)8-4-5-10(14-3)9(12)6-8/h4-7H,1-3H3. The third kappa shape index (κ3) is 2.26. The molecule has 1 rings (SSSR count). The third-order valence-corrected chi connectivity index (χ3v) is 2.26. The molecule has 0 aromatic heterocycles. The van der Waals surface area contributed by atoms with Gasteiger partial charge in [-0.25, -0.2) is 0 Å². The van der Waals surface area contributed by atoms with Gasteiger partial charge < -0.3 is 4.74 Å². The summed E-state index contributed by atoms with van der Waals surface area (Å²) in [7, 11) is 1.55. The number of hydrogen-bond donors (Lipinski definition) is 0. The molecule has 3 heteroatoms. The van der Waals surface area contributed by atoms with Gasteiger partial charge in [-0.2, -0.15) is 0 Å². The highest BCUT2D eigenvalue weighted by atomic mass is 35.5. The summed E-state index contributed by atoms with van der Waals surface area (Å²) < 4.78 is 5.00. The Morgan fingerprint density at radius 3 is 2.50 bits per heavy atom. The van der Waals surface area contributed by atoms with Crippen molar-refractivity contribution in [3.63, 3.8) is 0 Å². The number of carbonyl (C=O) groups is 1. The molecule has 0 atom stereocenters. The largest absolute Gasteiger partial charge is 0.495 e. The van der Waals surface area contributed by atoms with E-state index in [1.54, 1.807) is 25.3 Å². The highest BCUT2D eigenvalue weighted by Crippen LogP contribution is 2.25. The smallest absolute Gasteiger partial charge is 0.165 e. The zero-order valence-electron chi connectivity index (χ0n) is 8.50. The maximum Gasteiger partial charge on any atom is 0.165 e. The van der Waals surface area contributed by atoms with E-state index in [4.69, 9.17) is 16.3 Å². The van der Waals surface area contributed by atoms with Gasteiger partial charge in [0.2, 0.25) is 0 Å². The number of methoxy groups -OCH3 is 1. The first-order valence-electron chi connectivity index (χ1n) is 4.44. The lowest BCUT2D eigenvalue weighted by molar-refractivity contribution is 0.0939. The van der Waals surface area contributed by atoms with Gasteiger partial charge in [0.25, 0.3) is 0 Å². The molecule has 14 heavy (non-hydrogen) atoms. The Morgan fingerprint density at radius 1 is 1.43 bits per heavy atom. The number of Topliss-reactive ketones (excluding diaryl/α,β-unsaturated/α-hetero) is 1. The fraction of sp³-hybridized carbons (Fsp3) is 0.364. The Hall–Kier alpha value is -1.02. The van der Waals surface area contributed by atoms with E-state index < -0.39 is 0 Å². The molecule has 0 radical (unpaired) electrons. The number of rotatable bonds is 3. The summed E-state index contributed by atoms with van der Waals surface area (Å²) in [6, 6.07) is 5.08. The van der Waals surface area contributed by atoms with Crippen LogP contribution >= 0.6 is 11.6 Å². The lowest BCUT2D eigenvalue weighted by Gasteiger charge is -2.07. The minimum absolute atomic E-state index is 0.0144. The molecule has 0 saturated carbocycles. The molecule has 0 spiro atoms. The molecule has 0 aliphatic carbocycles. The first kappa shape index (κ1) is 11.1. The van der Waals surface area contributed by atoms with E-state index in [2.05, 4.69) is 0 Å². The quantitative estimate of drug-likeness (QED) is 0.720. The predicted molar refractivity (Wildman–Crippen MR) is 57.2 cm³/mol. The minimum Gasteiger partial charge on any atom is -0.495 e. The molecule has 0 saturated heterocycles. The average Bonchev–Trinajstić information content (AvgIpc) is 2.16. The maximum atomic E-state index is 11.6. The van der Waals surface area contributed by atoms with Gasteiger partial charge in [0, 0.05) is 11.5 Å². The fourth-order valence-corrected chi connectivity index (χ4v) is 1.41. The number of hydrogen-bond acceptors (Lipinski definition) is 2. The number of ketones is 1. The van der Waals surface area contributed by atoms with Crippen LogP contribution in [-0.4, -0.2) is 12.9 Å². The van der Waals surface area contributed by atoms with E-state index in [0.29, 0.717) is 16.3 Å². The Bertz CT molecular complexity index is 345. The summed E-state index contributed by atoms with van der Waals surface area (Å²) in [5.41, 5.74) is 0.630. The highest BCUT2D eigenvalue weighted by molar-refractivity contribution is 6.32. The van der Waals surface area contributed by atoms with E-state index in [1.165, 1.54) is 0 Å². The summed E-state index contributed by atoms with van der Waals surface area (Å²) in [6.45, 7) is 3.72. The van der Waals surface area contributed by atoms with Gasteiger partial charge in [0.15, 0.2) is 5.78 Å². The normalized spacial score (nSPS) is 10.4. The second kappa shape index (κ2) is 4.47. The lowest BCUT2D eigenvalue weighted by atomic mass is 10.0. The topological polar surface area (TPSA) is 26.3 Å². The van der Waals surface area contributed by atoms with Crippen molar-refractivity contribution in [2.24, 2.45) is 5.92 Å². The van der Waals surface area contributed by atoms with Crippen LogP contribution in [0.3, 0.4) is 0 Å². The molecule has 0 fully saturated rings. The van der Waals surface area contributed by atoms with E-state index in [9.17, 15) is 4.79 Å². The first-order valence-corrected chi connectivity index (χ1v) is 4.81. The molecule has 76 valence electrons. The van der Waals surface area contributed by atoms with Crippen molar-refractivity contribution in [3.8, 4) is 5.75 Å². The van der Waals surface area contributed by atoms with Gasteiger partial charge in [-0.1, -0.05) is 25.4 Å². The molecule has 0 aliphatic heterocycles. The second-order valence-electron chi connectivity index (χ2n) is 3.37. The van der Waals surface area contributed by atoms with Crippen LogP contribution in [0.5, 0.6) is 5.75 Å². The molecule has 2 nitrogen and oxygen atoms in total. The molecule has 0 heterocycles. The first-order chi connectivity index (χ1) is 6.56. The number of halogens is 1. The predicted octanol–water partition coefficient (Wildman–Crippen LogP) is 3.19. The van der Waals surface area contributed by atoms with Crippen LogP contribution in [0.15, 0.2) is 18.2 Å². The third-order valence-electron chi connectivity index (χ3n) is 1.96. The van der Waals surface area contributed by atoms with Crippen molar-refractivity contribution >= 4 is 17.4 Å².